The van der Waals surface area contributed by atoms with Gasteiger partial charge in [0.25, 0.3) is 11.8 Å². The summed E-state index contributed by atoms with van der Waals surface area (Å²) < 4.78 is 5.05. The van der Waals surface area contributed by atoms with Gasteiger partial charge in [0.1, 0.15) is 0 Å². The largest absolute Gasteiger partial charge is 0.457 e. The van der Waals surface area contributed by atoms with Crippen LogP contribution in [0.2, 0.25) is 0 Å². The summed E-state index contributed by atoms with van der Waals surface area (Å²) in [7, 11) is 0. The number of carbonyl (C=O) groups is 5. The molecule has 2 heterocycles. The fourth-order valence-corrected chi connectivity index (χ4v) is 3.68. The summed E-state index contributed by atoms with van der Waals surface area (Å²) in [5.41, 5.74) is 2.71. The lowest BCUT2D eigenvalue weighted by atomic mass is 9.99. The second-order valence-electron chi connectivity index (χ2n) is 7.42. The van der Waals surface area contributed by atoms with E-state index in [1.165, 1.54) is 0 Å². The minimum Gasteiger partial charge on any atom is -0.457 e. The molecule has 0 aromatic heterocycles. The van der Waals surface area contributed by atoms with Crippen molar-refractivity contribution in [3.63, 3.8) is 0 Å². The molecule has 0 saturated carbocycles. The van der Waals surface area contributed by atoms with Crippen molar-refractivity contribution >= 4 is 35.2 Å². The quantitative estimate of drug-likeness (QED) is 0.418. The Morgan fingerprint density at radius 1 is 0.968 bits per heavy atom. The molecule has 0 fully saturated rings. The number of benzene rings is 2. The molecule has 4 rings (SSSR count). The van der Waals surface area contributed by atoms with Crippen LogP contribution in [0.3, 0.4) is 0 Å². The number of Topliss-reactive ketones (excluding diaryl/α,β-unsaturated/α-hetero) is 1. The monoisotopic (exact) mass is 420 g/mol. The number of rotatable bonds is 7. The number of nitrogens with zero attached hydrogens (tertiary/aromatic N) is 1. The number of aryl methyl sites for hydroxylation is 1. The van der Waals surface area contributed by atoms with Gasteiger partial charge in [-0.25, -0.2) is 0 Å². The molecule has 2 aliphatic rings. The maximum Gasteiger partial charge on any atom is 0.306 e. The molecule has 2 aromatic carbocycles. The summed E-state index contributed by atoms with van der Waals surface area (Å²) >= 11 is 0. The molecule has 3 amide bonds. The average molecular weight is 420 g/mol. The first-order valence-corrected chi connectivity index (χ1v) is 10.0. The molecule has 0 unspecified atom stereocenters. The maximum absolute atomic E-state index is 12.3. The SMILES string of the molecule is O=C1CCc2cc(C(=O)COC(=O)CCCN3C(=O)c4ccccc4C3=O)ccc2N1. The van der Waals surface area contributed by atoms with Gasteiger partial charge in [-0.2, -0.15) is 0 Å². The van der Waals surface area contributed by atoms with E-state index in [4.69, 9.17) is 4.74 Å². The topological polar surface area (TPSA) is 110 Å². The first-order chi connectivity index (χ1) is 14.9. The van der Waals surface area contributed by atoms with Crippen LogP contribution >= 0.6 is 0 Å². The fraction of sp³-hybridized carbons (Fsp3) is 0.261. The Hall–Kier alpha value is -3.81. The number of carbonyl (C=O) groups excluding carboxylic acids is 5. The highest BCUT2D eigenvalue weighted by Crippen LogP contribution is 2.24. The molecule has 8 heteroatoms. The molecule has 1 N–H and O–H groups in total. The van der Waals surface area contributed by atoms with Gasteiger partial charge in [0.05, 0.1) is 11.1 Å². The highest BCUT2D eigenvalue weighted by atomic mass is 16.5. The van der Waals surface area contributed by atoms with Gasteiger partial charge in [-0.15, -0.1) is 0 Å². The van der Waals surface area contributed by atoms with Crippen LogP contribution in [-0.4, -0.2) is 47.5 Å². The Bertz CT molecular complexity index is 1070. The van der Waals surface area contributed by atoms with Gasteiger partial charge in [-0.3, -0.25) is 28.9 Å². The van der Waals surface area contributed by atoms with E-state index in [9.17, 15) is 24.0 Å². The smallest absolute Gasteiger partial charge is 0.306 e. The number of nitrogens with one attached hydrogen (secondary N) is 1. The highest BCUT2D eigenvalue weighted by molar-refractivity contribution is 6.21. The Labute approximate surface area is 178 Å². The van der Waals surface area contributed by atoms with E-state index >= 15 is 0 Å². The molecule has 2 aromatic rings. The van der Waals surface area contributed by atoms with Gasteiger partial charge in [0.15, 0.2) is 12.4 Å². The molecule has 0 saturated heterocycles. The van der Waals surface area contributed by atoms with E-state index < -0.39 is 12.6 Å². The first-order valence-electron chi connectivity index (χ1n) is 10.0. The lowest BCUT2D eigenvalue weighted by Gasteiger charge is -2.17. The van der Waals surface area contributed by atoms with Crippen molar-refractivity contribution in [2.45, 2.75) is 25.7 Å². The zero-order chi connectivity index (χ0) is 22.0. The predicted octanol–water partition coefficient (Wildman–Crippen LogP) is 2.37. The zero-order valence-electron chi connectivity index (χ0n) is 16.7. The molecule has 0 radical (unpaired) electrons. The third-order valence-corrected chi connectivity index (χ3v) is 5.33. The number of imide groups is 1. The number of ketones is 1. The third-order valence-electron chi connectivity index (χ3n) is 5.33. The summed E-state index contributed by atoms with van der Waals surface area (Å²) in [6, 6.07) is 11.6. The molecule has 158 valence electrons. The second-order valence-corrected chi connectivity index (χ2v) is 7.42. The fourth-order valence-electron chi connectivity index (χ4n) is 3.68. The Morgan fingerprint density at radius 2 is 1.68 bits per heavy atom. The lowest BCUT2D eigenvalue weighted by molar-refractivity contribution is -0.142. The number of amides is 3. The van der Waals surface area contributed by atoms with Gasteiger partial charge in [-0.05, 0) is 48.7 Å². The van der Waals surface area contributed by atoms with Crippen LogP contribution in [0.1, 0.15) is 55.9 Å². The van der Waals surface area contributed by atoms with Gasteiger partial charge in [-0.1, -0.05) is 12.1 Å². The molecular formula is C23H20N2O6. The molecule has 0 atom stereocenters. The number of fused-ring (bicyclic) bond motifs is 2. The first kappa shape index (κ1) is 20.5. The summed E-state index contributed by atoms with van der Waals surface area (Å²) in [5.74, 6) is -1.70. The lowest BCUT2D eigenvalue weighted by Crippen LogP contribution is -2.31. The standard InChI is InChI=1S/C23H20N2O6/c26-19(15-7-9-18-14(12-15)8-10-20(27)24-18)13-31-21(28)6-3-11-25-22(29)16-4-1-2-5-17(16)23(25)30/h1-2,4-5,7,9,12H,3,6,8,10-11,13H2,(H,24,27). The summed E-state index contributed by atoms with van der Waals surface area (Å²) in [4.78, 5) is 61.4. The minimum atomic E-state index is -0.574. The van der Waals surface area contributed by atoms with E-state index in [1.807, 2.05) is 0 Å². The van der Waals surface area contributed by atoms with Gasteiger partial charge < -0.3 is 10.1 Å². The van der Waals surface area contributed by atoms with Crippen LogP contribution in [-0.2, 0) is 20.7 Å². The van der Waals surface area contributed by atoms with Crippen molar-refractivity contribution in [2.75, 3.05) is 18.5 Å². The summed E-state index contributed by atoms with van der Waals surface area (Å²) in [6.45, 7) is -0.289. The van der Waals surface area contributed by atoms with E-state index in [2.05, 4.69) is 5.32 Å². The van der Waals surface area contributed by atoms with E-state index in [1.54, 1.807) is 42.5 Å². The van der Waals surface area contributed by atoms with Crippen molar-refractivity contribution < 1.29 is 28.7 Å². The Morgan fingerprint density at radius 3 is 2.39 bits per heavy atom. The summed E-state index contributed by atoms with van der Waals surface area (Å²) in [6.07, 6.45) is 1.15. The summed E-state index contributed by atoms with van der Waals surface area (Å²) in [5, 5.41) is 2.75. The van der Waals surface area contributed by atoms with Crippen molar-refractivity contribution in [2.24, 2.45) is 0 Å². The normalized spacial score (nSPS) is 14.7. The number of anilines is 1. The van der Waals surface area contributed by atoms with Crippen LogP contribution < -0.4 is 5.32 Å². The molecular weight excluding hydrogens is 400 g/mol. The van der Waals surface area contributed by atoms with Gasteiger partial charge in [0.2, 0.25) is 5.91 Å². The number of hydrogen-bond donors (Lipinski definition) is 1. The minimum absolute atomic E-state index is 0.0170. The van der Waals surface area contributed by atoms with E-state index in [0.717, 1.165) is 10.5 Å². The number of hydrogen-bond acceptors (Lipinski definition) is 6. The third kappa shape index (κ3) is 4.23. The van der Waals surface area contributed by atoms with Crippen molar-refractivity contribution in [3.8, 4) is 0 Å². The maximum atomic E-state index is 12.3. The molecule has 0 aliphatic carbocycles. The Balaban J connectivity index is 1.24. The molecule has 31 heavy (non-hydrogen) atoms. The predicted molar refractivity (Wildman–Crippen MR) is 110 cm³/mol. The van der Waals surface area contributed by atoms with Crippen LogP contribution in [0.15, 0.2) is 42.5 Å². The Kier molecular flexibility index (Phi) is 5.62. The van der Waals surface area contributed by atoms with Gasteiger partial charge in [0, 0.05) is 30.6 Å². The average Bonchev–Trinajstić information content (AvgIpc) is 3.02. The van der Waals surface area contributed by atoms with Crippen LogP contribution in [0.5, 0.6) is 0 Å². The number of ether oxygens (including phenoxy) is 1. The van der Waals surface area contributed by atoms with Crippen molar-refractivity contribution in [1.29, 1.82) is 0 Å². The van der Waals surface area contributed by atoms with Crippen LogP contribution in [0, 0.1) is 0 Å². The van der Waals surface area contributed by atoms with Crippen molar-refractivity contribution in [3.05, 3.63) is 64.7 Å². The number of esters is 1. The van der Waals surface area contributed by atoms with Crippen LogP contribution in [0.4, 0.5) is 5.69 Å². The molecule has 8 nitrogen and oxygen atoms in total. The molecule has 2 aliphatic heterocycles. The zero-order valence-corrected chi connectivity index (χ0v) is 16.7. The second kappa shape index (κ2) is 8.51. The van der Waals surface area contributed by atoms with Gasteiger partial charge >= 0.3 is 5.97 Å². The molecule has 0 spiro atoms. The molecule has 0 bridgehead atoms. The van der Waals surface area contributed by atoms with Crippen molar-refractivity contribution in [1.82, 2.24) is 4.90 Å². The highest BCUT2D eigenvalue weighted by Gasteiger charge is 2.34. The van der Waals surface area contributed by atoms with E-state index in [-0.39, 0.29) is 42.9 Å². The van der Waals surface area contributed by atoms with E-state index in [0.29, 0.717) is 35.2 Å². The van der Waals surface area contributed by atoms with Crippen LogP contribution in [0.25, 0.3) is 0 Å².